The van der Waals surface area contributed by atoms with E-state index in [1.54, 1.807) is 11.3 Å². The third-order valence-corrected chi connectivity index (χ3v) is 3.51. The van der Waals surface area contributed by atoms with Gasteiger partial charge >= 0.3 is 0 Å². The minimum Gasteiger partial charge on any atom is -0.338 e. The lowest BCUT2D eigenvalue weighted by Crippen LogP contribution is -2.24. The third-order valence-electron chi connectivity index (χ3n) is 2.56. The predicted molar refractivity (Wildman–Crippen MR) is 67.8 cm³/mol. The molecule has 1 unspecified atom stereocenters. The first-order valence-electron chi connectivity index (χ1n) is 5.73. The standard InChI is InChI=1S/C12H17N3OS/c1-8(2)12(10-5-4-6-17-10)13-7-11-14-9(3)15-16-11/h4-6,8,12-13H,7H2,1-3H3. The fraction of sp³-hybridized carbons (Fsp3) is 0.500. The molecule has 2 heterocycles. The monoisotopic (exact) mass is 251 g/mol. The van der Waals surface area contributed by atoms with Crippen LogP contribution in [-0.4, -0.2) is 10.1 Å². The predicted octanol–water partition coefficient (Wildman–Crippen LogP) is 2.93. The molecule has 2 rings (SSSR count). The number of aryl methyl sites for hydroxylation is 1. The molecule has 17 heavy (non-hydrogen) atoms. The van der Waals surface area contributed by atoms with Crippen molar-refractivity contribution in [1.29, 1.82) is 0 Å². The minimum absolute atomic E-state index is 0.335. The van der Waals surface area contributed by atoms with E-state index in [4.69, 9.17) is 4.52 Å². The molecule has 1 atom stereocenters. The van der Waals surface area contributed by atoms with Crippen LogP contribution in [0.4, 0.5) is 0 Å². The maximum atomic E-state index is 5.09. The van der Waals surface area contributed by atoms with Crippen LogP contribution in [0, 0.1) is 12.8 Å². The van der Waals surface area contributed by atoms with Crippen LogP contribution in [0.3, 0.4) is 0 Å². The van der Waals surface area contributed by atoms with Gasteiger partial charge in [-0.15, -0.1) is 11.3 Å². The van der Waals surface area contributed by atoms with Gasteiger partial charge in [-0.25, -0.2) is 0 Å². The van der Waals surface area contributed by atoms with Crippen molar-refractivity contribution in [1.82, 2.24) is 15.5 Å². The van der Waals surface area contributed by atoms with Crippen LogP contribution < -0.4 is 5.32 Å². The summed E-state index contributed by atoms with van der Waals surface area (Å²) in [6.07, 6.45) is 0. The Morgan fingerprint density at radius 1 is 1.47 bits per heavy atom. The summed E-state index contributed by atoms with van der Waals surface area (Å²) in [6, 6.07) is 4.57. The summed E-state index contributed by atoms with van der Waals surface area (Å²) in [4.78, 5) is 5.53. The van der Waals surface area contributed by atoms with Crippen LogP contribution in [-0.2, 0) is 6.54 Å². The lowest BCUT2D eigenvalue weighted by molar-refractivity contribution is 0.337. The van der Waals surface area contributed by atoms with Crippen LogP contribution in [0.5, 0.6) is 0 Å². The van der Waals surface area contributed by atoms with E-state index in [-0.39, 0.29) is 0 Å². The van der Waals surface area contributed by atoms with Gasteiger partial charge in [-0.1, -0.05) is 25.1 Å². The molecule has 1 N–H and O–H groups in total. The summed E-state index contributed by atoms with van der Waals surface area (Å²) in [7, 11) is 0. The normalized spacial score (nSPS) is 13.2. The first-order valence-corrected chi connectivity index (χ1v) is 6.60. The first-order chi connectivity index (χ1) is 8.16. The van der Waals surface area contributed by atoms with E-state index in [0.717, 1.165) is 0 Å². The van der Waals surface area contributed by atoms with Crippen molar-refractivity contribution in [3.8, 4) is 0 Å². The van der Waals surface area contributed by atoms with Crippen LogP contribution in [0.1, 0.15) is 36.5 Å². The molecule has 2 aromatic rings. The summed E-state index contributed by atoms with van der Waals surface area (Å²) < 4.78 is 5.09. The van der Waals surface area contributed by atoms with E-state index in [1.165, 1.54) is 4.88 Å². The molecule has 0 aliphatic heterocycles. The highest BCUT2D eigenvalue weighted by Crippen LogP contribution is 2.25. The van der Waals surface area contributed by atoms with Crippen LogP contribution in [0.25, 0.3) is 0 Å². The third kappa shape index (κ3) is 3.14. The molecule has 0 fully saturated rings. The number of hydrogen-bond acceptors (Lipinski definition) is 5. The van der Waals surface area contributed by atoms with Gasteiger partial charge in [0, 0.05) is 10.9 Å². The largest absolute Gasteiger partial charge is 0.338 e. The van der Waals surface area contributed by atoms with Gasteiger partial charge in [-0.2, -0.15) is 4.98 Å². The SMILES string of the molecule is Cc1noc(CNC(c2cccs2)C(C)C)n1. The van der Waals surface area contributed by atoms with Crippen molar-refractivity contribution >= 4 is 11.3 Å². The molecular weight excluding hydrogens is 234 g/mol. The molecule has 92 valence electrons. The van der Waals surface area contributed by atoms with E-state index in [9.17, 15) is 0 Å². The van der Waals surface area contributed by atoms with Crippen molar-refractivity contribution in [2.24, 2.45) is 5.92 Å². The number of nitrogens with one attached hydrogen (secondary N) is 1. The molecule has 4 nitrogen and oxygen atoms in total. The van der Waals surface area contributed by atoms with Gasteiger partial charge in [0.15, 0.2) is 5.82 Å². The number of hydrogen-bond donors (Lipinski definition) is 1. The summed E-state index contributed by atoms with van der Waals surface area (Å²) in [5.74, 6) is 1.85. The zero-order valence-corrected chi connectivity index (χ0v) is 11.1. The highest BCUT2D eigenvalue weighted by Gasteiger charge is 2.17. The average Bonchev–Trinajstić information content (AvgIpc) is 2.90. The molecule has 5 heteroatoms. The highest BCUT2D eigenvalue weighted by atomic mass is 32.1. The van der Waals surface area contributed by atoms with E-state index >= 15 is 0 Å². The van der Waals surface area contributed by atoms with E-state index in [1.807, 2.05) is 6.92 Å². The van der Waals surface area contributed by atoms with Gasteiger partial charge in [-0.3, -0.25) is 0 Å². The molecule has 0 aliphatic carbocycles. The van der Waals surface area contributed by atoms with Crippen LogP contribution in [0.2, 0.25) is 0 Å². The topological polar surface area (TPSA) is 51.0 Å². The smallest absolute Gasteiger partial charge is 0.240 e. The van der Waals surface area contributed by atoms with Gasteiger partial charge in [-0.05, 0) is 24.3 Å². The van der Waals surface area contributed by atoms with Crippen molar-refractivity contribution in [2.75, 3.05) is 0 Å². The van der Waals surface area contributed by atoms with E-state index in [2.05, 4.69) is 46.8 Å². The highest BCUT2D eigenvalue weighted by molar-refractivity contribution is 7.10. The average molecular weight is 251 g/mol. The van der Waals surface area contributed by atoms with Crippen molar-refractivity contribution in [2.45, 2.75) is 33.4 Å². The Morgan fingerprint density at radius 2 is 2.29 bits per heavy atom. The Hall–Kier alpha value is -1.20. The lowest BCUT2D eigenvalue weighted by Gasteiger charge is -2.20. The minimum atomic E-state index is 0.335. The zero-order chi connectivity index (χ0) is 12.3. The molecule has 0 spiro atoms. The summed E-state index contributed by atoms with van der Waals surface area (Å²) in [6.45, 7) is 6.85. The molecule has 0 aromatic carbocycles. The van der Waals surface area contributed by atoms with Crippen LogP contribution in [0.15, 0.2) is 22.0 Å². The summed E-state index contributed by atoms with van der Waals surface area (Å²) >= 11 is 1.77. The van der Waals surface area contributed by atoms with Gasteiger partial charge in [0.1, 0.15) is 0 Å². The van der Waals surface area contributed by atoms with Crippen LogP contribution >= 0.6 is 11.3 Å². The van der Waals surface area contributed by atoms with Gasteiger partial charge in [0.05, 0.1) is 6.54 Å². The Morgan fingerprint density at radius 3 is 2.82 bits per heavy atom. The van der Waals surface area contributed by atoms with Crippen molar-refractivity contribution < 1.29 is 4.52 Å². The molecular formula is C12H17N3OS. The Kier molecular flexibility index (Phi) is 3.91. The van der Waals surface area contributed by atoms with Gasteiger partial charge in [0.2, 0.25) is 5.89 Å². The maximum absolute atomic E-state index is 5.09. The molecule has 2 aromatic heterocycles. The van der Waals surface area contributed by atoms with Crippen molar-refractivity contribution in [3.05, 3.63) is 34.1 Å². The quantitative estimate of drug-likeness (QED) is 0.887. The van der Waals surface area contributed by atoms with Gasteiger partial charge in [0.25, 0.3) is 0 Å². The summed E-state index contributed by atoms with van der Waals surface area (Å²) in [5.41, 5.74) is 0. The molecule has 0 saturated heterocycles. The molecule has 0 amide bonds. The lowest BCUT2D eigenvalue weighted by atomic mass is 10.0. The number of rotatable bonds is 5. The second-order valence-electron chi connectivity index (χ2n) is 4.35. The number of nitrogens with zero attached hydrogens (tertiary/aromatic N) is 2. The van der Waals surface area contributed by atoms with Crippen molar-refractivity contribution in [3.63, 3.8) is 0 Å². The Labute approximate surface area is 105 Å². The molecule has 0 bridgehead atoms. The number of thiophene rings is 1. The summed E-state index contributed by atoms with van der Waals surface area (Å²) in [5, 5.41) is 9.34. The van der Waals surface area contributed by atoms with E-state index in [0.29, 0.717) is 30.2 Å². The molecule has 0 saturated carbocycles. The first kappa shape index (κ1) is 12.3. The molecule has 0 aliphatic rings. The fourth-order valence-electron chi connectivity index (χ4n) is 1.74. The zero-order valence-electron chi connectivity index (χ0n) is 10.3. The maximum Gasteiger partial charge on any atom is 0.240 e. The second kappa shape index (κ2) is 5.42. The van der Waals surface area contributed by atoms with E-state index < -0.39 is 0 Å². The fourth-order valence-corrected chi connectivity index (χ4v) is 2.72. The Bertz CT molecular complexity index is 450. The Balaban J connectivity index is 1.99. The van der Waals surface area contributed by atoms with Gasteiger partial charge < -0.3 is 9.84 Å². The molecule has 0 radical (unpaired) electrons. The number of aromatic nitrogens is 2. The second-order valence-corrected chi connectivity index (χ2v) is 5.33.